The lowest BCUT2D eigenvalue weighted by atomic mass is 10.2. The molecular formula is C16H14Br2N2O3. The molecule has 2 rings (SSSR count). The minimum absolute atomic E-state index is 0.0729. The molecule has 0 fully saturated rings. The average Bonchev–Trinajstić information content (AvgIpc) is 2.52. The van der Waals surface area contributed by atoms with Gasteiger partial charge < -0.3 is 9.84 Å². The molecule has 0 aliphatic carbocycles. The lowest BCUT2D eigenvalue weighted by Crippen LogP contribution is -2.33. The van der Waals surface area contributed by atoms with Crippen molar-refractivity contribution in [2.24, 2.45) is 5.10 Å². The lowest BCUT2D eigenvalue weighted by molar-refractivity contribution is -0.127. The third kappa shape index (κ3) is 5.07. The van der Waals surface area contributed by atoms with Crippen LogP contribution in [0.2, 0.25) is 0 Å². The molecule has 5 nitrogen and oxygen atoms in total. The number of carbonyl (C=O) groups is 1. The highest BCUT2D eigenvalue weighted by Crippen LogP contribution is 2.24. The normalized spacial score (nSPS) is 12.1. The molecule has 2 aromatic rings. The summed E-state index contributed by atoms with van der Waals surface area (Å²) in [6, 6.07) is 12.2. The van der Waals surface area contributed by atoms with Crippen LogP contribution >= 0.6 is 31.9 Å². The van der Waals surface area contributed by atoms with Crippen LogP contribution in [0.1, 0.15) is 12.5 Å². The number of carbonyl (C=O) groups excluding carboxylic acids is 1. The number of rotatable bonds is 5. The number of benzene rings is 2. The van der Waals surface area contributed by atoms with Gasteiger partial charge in [-0.3, -0.25) is 4.79 Å². The Bertz CT molecular complexity index is 735. The number of hydrogen-bond acceptors (Lipinski definition) is 4. The Morgan fingerprint density at radius 2 is 2.04 bits per heavy atom. The molecule has 1 amide bonds. The third-order valence-corrected chi connectivity index (χ3v) is 4.03. The molecule has 1 atom stereocenters. The molecule has 0 aromatic heterocycles. The van der Waals surface area contributed by atoms with Crippen LogP contribution < -0.4 is 10.2 Å². The Hall–Kier alpha value is -1.86. The van der Waals surface area contributed by atoms with Crippen LogP contribution in [0, 0.1) is 0 Å². The predicted octanol–water partition coefficient (Wildman–Crippen LogP) is 3.83. The van der Waals surface area contributed by atoms with E-state index in [1.54, 1.807) is 25.1 Å². The molecule has 0 aliphatic heterocycles. The van der Waals surface area contributed by atoms with Gasteiger partial charge in [-0.25, -0.2) is 5.43 Å². The highest BCUT2D eigenvalue weighted by molar-refractivity contribution is 9.10. The largest absolute Gasteiger partial charge is 0.507 e. The number of aromatic hydroxyl groups is 1. The van der Waals surface area contributed by atoms with Crippen molar-refractivity contribution in [2.75, 3.05) is 0 Å². The van der Waals surface area contributed by atoms with Crippen LogP contribution in [0.25, 0.3) is 0 Å². The minimum atomic E-state index is -0.720. The van der Waals surface area contributed by atoms with Crippen molar-refractivity contribution >= 4 is 44.0 Å². The molecule has 2 aromatic carbocycles. The van der Waals surface area contributed by atoms with Gasteiger partial charge in [0.05, 0.1) is 10.7 Å². The van der Waals surface area contributed by atoms with E-state index >= 15 is 0 Å². The monoisotopic (exact) mass is 440 g/mol. The maximum atomic E-state index is 12.0. The Labute approximate surface area is 150 Å². The lowest BCUT2D eigenvalue weighted by Gasteiger charge is -2.13. The van der Waals surface area contributed by atoms with Gasteiger partial charge in [-0.1, -0.05) is 28.1 Å². The number of amides is 1. The van der Waals surface area contributed by atoms with Gasteiger partial charge in [0.1, 0.15) is 11.5 Å². The van der Waals surface area contributed by atoms with Crippen LogP contribution in [-0.2, 0) is 4.79 Å². The van der Waals surface area contributed by atoms with Crippen LogP contribution in [0.15, 0.2) is 56.5 Å². The van der Waals surface area contributed by atoms with E-state index in [2.05, 4.69) is 42.4 Å². The van der Waals surface area contributed by atoms with Crippen molar-refractivity contribution in [1.82, 2.24) is 5.43 Å². The van der Waals surface area contributed by atoms with Crippen molar-refractivity contribution in [3.63, 3.8) is 0 Å². The summed E-state index contributed by atoms with van der Waals surface area (Å²) in [6.45, 7) is 1.63. The second-order valence-corrected chi connectivity index (χ2v) is 6.40. The minimum Gasteiger partial charge on any atom is -0.507 e. The first-order valence-corrected chi connectivity index (χ1v) is 8.28. The Kier molecular flexibility index (Phi) is 6.18. The second kappa shape index (κ2) is 8.12. The molecule has 0 radical (unpaired) electrons. The number of phenolic OH excluding ortho intramolecular Hbond substituents is 1. The van der Waals surface area contributed by atoms with Gasteiger partial charge in [0, 0.05) is 10.0 Å². The van der Waals surface area contributed by atoms with E-state index in [4.69, 9.17) is 4.74 Å². The van der Waals surface area contributed by atoms with Crippen LogP contribution in [-0.4, -0.2) is 23.3 Å². The molecule has 120 valence electrons. The van der Waals surface area contributed by atoms with Gasteiger partial charge in [0.25, 0.3) is 5.91 Å². The highest BCUT2D eigenvalue weighted by atomic mass is 79.9. The van der Waals surface area contributed by atoms with Gasteiger partial charge >= 0.3 is 0 Å². The maximum Gasteiger partial charge on any atom is 0.280 e. The first-order valence-electron chi connectivity index (χ1n) is 6.70. The van der Waals surface area contributed by atoms with Crippen LogP contribution in [0.4, 0.5) is 0 Å². The maximum absolute atomic E-state index is 12.0. The quantitative estimate of drug-likeness (QED) is 0.547. The number of para-hydroxylation sites is 1. The molecule has 0 heterocycles. The molecule has 2 N–H and O–H groups in total. The number of hydrazone groups is 1. The zero-order chi connectivity index (χ0) is 16.8. The fraction of sp³-hybridized carbons (Fsp3) is 0.125. The molecule has 23 heavy (non-hydrogen) atoms. The summed E-state index contributed by atoms with van der Waals surface area (Å²) in [5.74, 6) is 0.249. The molecular weight excluding hydrogens is 428 g/mol. The van der Waals surface area contributed by atoms with E-state index in [9.17, 15) is 9.90 Å². The van der Waals surface area contributed by atoms with E-state index in [0.717, 1.165) is 8.95 Å². The fourth-order valence-electron chi connectivity index (χ4n) is 1.67. The van der Waals surface area contributed by atoms with Crippen molar-refractivity contribution in [3.05, 3.63) is 57.0 Å². The summed E-state index contributed by atoms with van der Waals surface area (Å²) in [7, 11) is 0. The van der Waals surface area contributed by atoms with Gasteiger partial charge in [-0.05, 0) is 53.2 Å². The first kappa shape index (κ1) is 17.5. The number of ether oxygens (including phenoxy) is 1. The highest BCUT2D eigenvalue weighted by Gasteiger charge is 2.15. The van der Waals surface area contributed by atoms with Crippen molar-refractivity contribution in [2.45, 2.75) is 13.0 Å². The summed E-state index contributed by atoms with van der Waals surface area (Å²) >= 11 is 6.65. The van der Waals surface area contributed by atoms with Crippen LogP contribution in [0.5, 0.6) is 11.5 Å². The van der Waals surface area contributed by atoms with Crippen molar-refractivity contribution in [1.29, 1.82) is 0 Å². The van der Waals surface area contributed by atoms with E-state index < -0.39 is 12.0 Å². The van der Waals surface area contributed by atoms with Crippen LogP contribution in [0.3, 0.4) is 0 Å². The van der Waals surface area contributed by atoms with E-state index in [0.29, 0.717) is 11.3 Å². The molecule has 0 saturated heterocycles. The Morgan fingerprint density at radius 1 is 1.30 bits per heavy atom. The van der Waals surface area contributed by atoms with Crippen molar-refractivity contribution < 1.29 is 14.6 Å². The predicted molar refractivity (Wildman–Crippen MR) is 95.8 cm³/mol. The second-order valence-electron chi connectivity index (χ2n) is 4.63. The zero-order valence-corrected chi connectivity index (χ0v) is 15.3. The molecule has 0 saturated carbocycles. The molecule has 0 unspecified atom stereocenters. The van der Waals surface area contributed by atoms with E-state index in [1.165, 1.54) is 12.3 Å². The number of halogens is 2. The number of phenols is 1. The summed E-state index contributed by atoms with van der Waals surface area (Å²) in [5.41, 5.74) is 2.87. The van der Waals surface area contributed by atoms with Gasteiger partial charge in [-0.2, -0.15) is 5.10 Å². The van der Waals surface area contributed by atoms with E-state index in [1.807, 2.05) is 18.2 Å². The topological polar surface area (TPSA) is 70.9 Å². The number of nitrogens with one attached hydrogen (secondary N) is 1. The van der Waals surface area contributed by atoms with Gasteiger partial charge in [0.15, 0.2) is 6.10 Å². The molecule has 0 bridgehead atoms. The molecule has 0 spiro atoms. The number of hydrogen-bond donors (Lipinski definition) is 2. The van der Waals surface area contributed by atoms with E-state index in [-0.39, 0.29) is 5.75 Å². The third-order valence-electron chi connectivity index (χ3n) is 2.88. The summed E-state index contributed by atoms with van der Waals surface area (Å²) in [5, 5.41) is 13.5. The summed E-state index contributed by atoms with van der Waals surface area (Å²) < 4.78 is 7.13. The zero-order valence-electron chi connectivity index (χ0n) is 12.2. The molecule has 0 aliphatic rings. The summed E-state index contributed by atoms with van der Waals surface area (Å²) in [4.78, 5) is 12.0. The SMILES string of the molecule is C[C@@H](Oc1ccccc1Br)C(=O)N/N=C\c1cc(Br)ccc1O. The summed E-state index contributed by atoms with van der Waals surface area (Å²) in [6.07, 6.45) is 0.644. The fourth-order valence-corrected chi connectivity index (χ4v) is 2.43. The molecule has 7 heteroatoms. The Balaban J connectivity index is 1.95. The van der Waals surface area contributed by atoms with Crippen molar-refractivity contribution in [3.8, 4) is 11.5 Å². The number of nitrogens with zero attached hydrogens (tertiary/aromatic N) is 1. The van der Waals surface area contributed by atoms with Gasteiger partial charge in [-0.15, -0.1) is 0 Å². The standard InChI is InChI=1S/C16H14Br2N2O3/c1-10(23-15-5-3-2-4-13(15)18)16(22)20-19-9-11-8-12(17)6-7-14(11)21/h2-10,21H,1H3,(H,20,22)/b19-9-/t10-/m1/s1. The first-order chi connectivity index (χ1) is 11.0. The van der Waals surface area contributed by atoms with Gasteiger partial charge in [0.2, 0.25) is 0 Å². The average molecular weight is 442 g/mol. The Morgan fingerprint density at radius 3 is 2.78 bits per heavy atom. The smallest absolute Gasteiger partial charge is 0.280 e.